The number of benzene rings is 2. The minimum absolute atomic E-state index is 0.0820. The second-order valence-corrected chi connectivity index (χ2v) is 11.0. The van der Waals surface area contributed by atoms with Gasteiger partial charge in [-0.15, -0.1) is 0 Å². The highest BCUT2D eigenvalue weighted by atomic mass is 35.5. The van der Waals surface area contributed by atoms with Crippen LogP contribution in [0.15, 0.2) is 65.8 Å². The average molecular weight is 526 g/mol. The van der Waals surface area contributed by atoms with Gasteiger partial charge in [-0.1, -0.05) is 17.7 Å². The number of anilines is 2. The van der Waals surface area contributed by atoms with E-state index >= 15 is 0 Å². The minimum atomic E-state index is -2.01. The standard InChI is InChI=1S/C26H22ClF2N5OS/c27-25-21(33-36(35)23-4-2-17(28)11-19(23)29)10-16(12-32-25)15-1-3-20-18(9-15)22(5-8-31-20)34-13-24(30)26(14-34)6-7-26/h1-5,8-12,24,33H,6-7,13-14,30H2. The molecule has 2 aromatic heterocycles. The topological polar surface area (TPSA) is 84.1 Å². The number of aromatic nitrogens is 2. The molecule has 1 aliphatic carbocycles. The van der Waals surface area contributed by atoms with Crippen LogP contribution in [0.1, 0.15) is 12.8 Å². The van der Waals surface area contributed by atoms with Gasteiger partial charge < -0.3 is 10.6 Å². The van der Waals surface area contributed by atoms with E-state index in [0.717, 1.165) is 52.9 Å². The predicted octanol–water partition coefficient (Wildman–Crippen LogP) is 5.29. The Morgan fingerprint density at radius 1 is 1.08 bits per heavy atom. The first-order valence-corrected chi connectivity index (χ1v) is 13.0. The van der Waals surface area contributed by atoms with Gasteiger partial charge >= 0.3 is 0 Å². The maximum atomic E-state index is 14.1. The van der Waals surface area contributed by atoms with Gasteiger partial charge in [-0.05, 0) is 54.8 Å². The lowest BCUT2D eigenvalue weighted by Gasteiger charge is -2.20. The number of hydrogen-bond acceptors (Lipinski definition) is 5. The molecule has 184 valence electrons. The molecule has 1 spiro atoms. The molecule has 36 heavy (non-hydrogen) atoms. The number of nitrogens with one attached hydrogen (secondary N) is 1. The zero-order valence-electron chi connectivity index (χ0n) is 19.0. The minimum Gasteiger partial charge on any atom is -0.369 e. The van der Waals surface area contributed by atoms with E-state index in [4.69, 9.17) is 17.3 Å². The SMILES string of the molecule is NC1CN(c2ccnc3ccc(-c4cnc(Cl)c(NS(=O)c5ccc(F)cc5F)c4)cc23)CC12CC2. The van der Waals surface area contributed by atoms with Gasteiger partial charge in [0.05, 0.1) is 16.1 Å². The molecule has 1 saturated heterocycles. The number of pyridine rings is 2. The molecule has 6 nitrogen and oxygen atoms in total. The third kappa shape index (κ3) is 4.11. The summed E-state index contributed by atoms with van der Waals surface area (Å²) >= 11 is 6.24. The van der Waals surface area contributed by atoms with Crippen LogP contribution in [0.25, 0.3) is 22.0 Å². The van der Waals surface area contributed by atoms with Crippen LogP contribution in [0.2, 0.25) is 5.15 Å². The lowest BCUT2D eigenvalue weighted by Crippen LogP contribution is -2.30. The molecule has 2 aliphatic rings. The Hall–Kier alpha value is -3.14. The van der Waals surface area contributed by atoms with Crippen LogP contribution >= 0.6 is 11.6 Å². The molecule has 1 aliphatic heterocycles. The van der Waals surface area contributed by atoms with Crippen molar-refractivity contribution in [2.45, 2.75) is 23.8 Å². The molecule has 2 atom stereocenters. The summed E-state index contributed by atoms with van der Waals surface area (Å²) in [5.74, 6) is -1.66. The molecule has 2 aromatic carbocycles. The van der Waals surface area contributed by atoms with E-state index in [2.05, 4.69) is 19.6 Å². The summed E-state index contributed by atoms with van der Waals surface area (Å²) in [5.41, 5.74) is 10.5. The Bertz CT molecular complexity index is 1530. The second-order valence-electron chi connectivity index (χ2n) is 9.42. The van der Waals surface area contributed by atoms with Crippen molar-refractivity contribution in [3.8, 4) is 11.1 Å². The summed E-state index contributed by atoms with van der Waals surface area (Å²) in [4.78, 5) is 10.9. The van der Waals surface area contributed by atoms with Crippen LogP contribution in [-0.4, -0.2) is 33.3 Å². The van der Waals surface area contributed by atoms with Gasteiger partial charge in [0, 0.05) is 59.6 Å². The van der Waals surface area contributed by atoms with Gasteiger partial charge in [0.2, 0.25) is 0 Å². The molecule has 0 radical (unpaired) electrons. The highest BCUT2D eigenvalue weighted by molar-refractivity contribution is 7.86. The van der Waals surface area contributed by atoms with Crippen LogP contribution in [0, 0.1) is 17.0 Å². The van der Waals surface area contributed by atoms with E-state index in [1.54, 1.807) is 12.3 Å². The molecule has 0 amide bonds. The molecule has 10 heteroatoms. The normalized spacial score (nSPS) is 19.1. The number of nitrogens with zero attached hydrogens (tertiary/aromatic N) is 3. The van der Waals surface area contributed by atoms with Crippen molar-refractivity contribution in [1.29, 1.82) is 0 Å². The largest absolute Gasteiger partial charge is 0.369 e. The van der Waals surface area contributed by atoms with E-state index in [-0.39, 0.29) is 27.2 Å². The number of nitrogens with two attached hydrogens (primary N) is 1. The summed E-state index contributed by atoms with van der Waals surface area (Å²) in [5, 5.41) is 1.08. The molecular weight excluding hydrogens is 504 g/mol. The number of hydrogen-bond donors (Lipinski definition) is 2. The van der Waals surface area contributed by atoms with Crippen LogP contribution in [0.3, 0.4) is 0 Å². The molecule has 2 fully saturated rings. The highest BCUT2D eigenvalue weighted by Crippen LogP contribution is 2.53. The molecular formula is C26H22ClF2N5OS. The fourth-order valence-electron chi connectivity index (χ4n) is 4.91. The van der Waals surface area contributed by atoms with E-state index in [0.29, 0.717) is 6.07 Å². The van der Waals surface area contributed by atoms with E-state index in [1.165, 1.54) is 12.8 Å². The summed E-state index contributed by atoms with van der Waals surface area (Å²) in [6, 6.07) is 12.7. The van der Waals surface area contributed by atoms with Crippen molar-refractivity contribution in [2.75, 3.05) is 22.7 Å². The van der Waals surface area contributed by atoms with E-state index < -0.39 is 22.6 Å². The van der Waals surface area contributed by atoms with Gasteiger partial charge in [0.1, 0.15) is 11.6 Å². The van der Waals surface area contributed by atoms with Crippen LogP contribution in [0.4, 0.5) is 20.2 Å². The highest BCUT2D eigenvalue weighted by Gasteiger charge is 2.53. The Kier molecular flexibility index (Phi) is 5.66. The molecule has 3 heterocycles. The van der Waals surface area contributed by atoms with E-state index in [1.807, 2.05) is 30.5 Å². The van der Waals surface area contributed by atoms with Gasteiger partial charge in [-0.2, -0.15) is 0 Å². The number of fused-ring (bicyclic) bond motifs is 1. The van der Waals surface area contributed by atoms with Crippen molar-refractivity contribution in [3.05, 3.63) is 77.7 Å². The zero-order chi connectivity index (χ0) is 25.0. The first-order valence-electron chi connectivity index (χ1n) is 11.5. The summed E-state index contributed by atoms with van der Waals surface area (Å²) in [7, 11) is -2.01. The first kappa shape index (κ1) is 23.3. The van der Waals surface area contributed by atoms with Crippen molar-refractivity contribution < 1.29 is 13.0 Å². The lowest BCUT2D eigenvalue weighted by molar-refractivity contribution is 0.500. The number of halogens is 3. The molecule has 6 rings (SSSR count). The summed E-state index contributed by atoms with van der Waals surface area (Å²) < 4.78 is 42.8. The average Bonchev–Trinajstić information content (AvgIpc) is 3.57. The zero-order valence-corrected chi connectivity index (χ0v) is 20.6. The van der Waals surface area contributed by atoms with Crippen molar-refractivity contribution in [2.24, 2.45) is 11.1 Å². The maximum Gasteiger partial charge on any atom is 0.153 e. The predicted molar refractivity (Wildman–Crippen MR) is 138 cm³/mol. The first-order chi connectivity index (χ1) is 17.3. The maximum absolute atomic E-state index is 14.1. The van der Waals surface area contributed by atoms with Gasteiger partial charge in [0.25, 0.3) is 0 Å². The monoisotopic (exact) mass is 525 g/mol. The van der Waals surface area contributed by atoms with Crippen molar-refractivity contribution in [3.63, 3.8) is 0 Å². The molecule has 2 unspecified atom stereocenters. The quantitative estimate of drug-likeness (QED) is 0.346. The van der Waals surface area contributed by atoms with Crippen molar-refractivity contribution in [1.82, 2.24) is 9.97 Å². The van der Waals surface area contributed by atoms with Gasteiger partial charge in [-0.3, -0.25) is 9.71 Å². The van der Waals surface area contributed by atoms with Crippen LogP contribution < -0.4 is 15.4 Å². The molecule has 3 N–H and O–H groups in total. The van der Waals surface area contributed by atoms with Gasteiger partial charge in [0.15, 0.2) is 16.1 Å². The van der Waals surface area contributed by atoms with E-state index in [9.17, 15) is 13.0 Å². The third-order valence-electron chi connectivity index (χ3n) is 7.13. The smallest absolute Gasteiger partial charge is 0.153 e. The second kappa shape index (κ2) is 8.76. The fourth-order valence-corrected chi connectivity index (χ4v) is 6.01. The lowest BCUT2D eigenvalue weighted by atomic mass is 10.0. The Morgan fingerprint density at radius 3 is 2.67 bits per heavy atom. The Labute approximate surface area is 214 Å². The summed E-state index contributed by atoms with van der Waals surface area (Å²) in [6.07, 6.45) is 5.79. The Balaban J connectivity index is 1.33. The van der Waals surface area contributed by atoms with Crippen LogP contribution in [0.5, 0.6) is 0 Å². The Morgan fingerprint density at radius 2 is 1.92 bits per heavy atom. The molecule has 4 aromatic rings. The van der Waals surface area contributed by atoms with Crippen LogP contribution in [-0.2, 0) is 11.0 Å². The molecule has 1 saturated carbocycles. The fraction of sp³-hybridized carbons (Fsp3) is 0.231. The third-order valence-corrected chi connectivity index (χ3v) is 8.57. The molecule has 0 bridgehead atoms. The summed E-state index contributed by atoms with van der Waals surface area (Å²) in [6.45, 7) is 1.76. The van der Waals surface area contributed by atoms with Gasteiger partial charge in [-0.25, -0.2) is 18.0 Å². The number of rotatable bonds is 5. The van der Waals surface area contributed by atoms with Crippen molar-refractivity contribution >= 4 is 44.9 Å².